The Morgan fingerprint density at radius 2 is 2.31 bits per heavy atom. The molecule has 0 aromatic rings. The molecule has 1 unspecified atom stereocenters. The van der Waals surface area contributed by atoms with Crippen molar-refractivity contribution < 1.29 is 9.53 Å². The maximum Gasteiger partial charge on any atom is 0.317 e. The van der Waals surface area contributed by atoms with E-state index in [2.05, 4.69) is 5.32 Å². The Balaban J connectivity index is 1.67. The molecule has 1 aliphatic carbocycles. The smallest absolute Gasteiger partial charge is 0.317 e. The summed E-state index contributed by atoms with van der Waals surface area (Å²) in [4.78, 5) is 13.5. The summed E-state index contributed by atoms with van der Waals surface area (Å²) in [7, 11) is 1.84. The van der Waals surface area contributed by atoms with Crippen LogP contribution in [0.2, 0.25) is 0 Å². The number of carbonyl (C=O) groups excluding carboxylic acids is 1. The van der Waals surface area contributed by atoms with Crippen molar-refractivity contribution in [2.24, 2.45) is 11.7 Å². The van der Waals surface area contributed by atoms with Gasteiger partial charge >= 0.3 is 6.03 Å². The Labute approximate surface area is 96.3 Å². The lowest BCUT2D eigenvalue weighted by atomic mass is 9.81. The van der Waals surface area contributed by atoms with Crippen molar-refractivity contribution in [1.82, 2.24) is 10.2 Å². The van der Waals surface area contributed by atoms with Gasteiger partial charge in [-0.3, -0.25) is 0 Å². The molecule has 0 aromatic heterocycles. The molecular formula is C11H21N3O2. The standard InChI is InChI=1S/C11H21N3O2/c1-14(6-8-4-9(12)5-8)11(15)13-10-2-3-16-7-10/h8-10H,2-7,12H2,1H3,(H,13,15). The van der Waals surface area contributed by atoms with E-state index in [1.165, 1.54) is 0 Å². The lowest BCUT2D eigenvalue weighted by Crippen LogP contribution is -2.48. The third-order valence-electron chi connectivity index (χ3n) is 3.41. The third kappa shape index (κ3) is 2.86. The second kappa shape index (κ2) is 5.01. The first-order valence-electron chi connectivity index (χ1n) is 6.00. The fourth-order valence-electron chi connectivity index (χ4n) is 2.34. The van der Waals surface area contributed by atoms with E-state index in [-0.39, 0.29) is 12.1 Å². The number of rotatable bonds is 3. The summed E-state index contributed by atoms with van der Waals surface area (Å²) in [5, 5.41) is 2.97. The highest BCUT2D eigenvalue weighted by molar-refractivity contribution is 5.74. The van der Waals surface area contributed by atoms with Gasteiger partial charge in [0.15, 0.2) is 0 Å². The Morgan fingerprint density at radius 3 is 2.88 bits per heavy atom. The summed E-state index contributed by atoms with van der Waals surface area (Å²) in [5.74, 6) is 0.588. The van der Waals surface area contributed by atoms with Crippen molar-refractivity contribution in [3.63, 3.8) is 0 Å². The summed E-state index contributed by atoms with van der Waals surface area (Å²) in [5.41, 5.74) is 5.72. The minimum absolute atomic E-state index is 0.0102. The fourth-order valence-corrected chi connectivity index (χ4v) is 2.34. The van der Waals surface area contributed by atoms with Gasteiger partial charge in [0.25, 0.3) is 0 Å². The first-order valence-corrected chi connectivity index (χ1v) is 6.00. The average molecular weight is 227 g/mol. The third-order valence-corrected chi connectivity index (χ3v) is 3.41. The monoisotopic (exact) mass is 227 g/mol. The molecular weight excluding hydrogens is 206 g/mol. The number of nitrogens with two attached hydrogens (primary N) is 1. The van der Waals surface area contributed by atoms with Gasteiger partial charge in [0.05, 0.1) is 12.6 Å². The molecule has 0 spiro atoms. The van der Waals surface area contributed by atoms with Gasteiger partial charge < -0.3 is 20.7 Å². The van der Waals surface area contributed by atoms with Gasteiger partial charge in [-0.1, -0.05) is 0 Å². The number of ether oxygens (including phenoxy) is 1. The van der Waals surface area contributed by atoms with E-state index in [1.54, 1.807) is 4.90 Å². The largest absolute Gasteiger partial charge is 0.379 e. The zero-order valence-electron chi connectivity index (χ0n) is 9.82. The topological polar surface area (TPSA) is 67.6 Å². The zero-order valence-corrected chi connectivity index (χ0v) is 9.82. The highest BCUT2D eigenvalue weighted by atomic mass is 16.5. The summed E-state index contributed by atoms with van der Waals surface area (Å²) in [6.45, 7) is 2.22. The Bertz CT molecular complexity index is 248. The second-order valence-corrected chi connectivity index (χ2v) is 4.99. The van der Waals surface area contributed by atoms with Crippen molar-refractivity contribution >= 4 is 6.03 Å². The van der Waals surface area contributed by atoms with E-state index in [4.69, 9.17) is 10.5 Å². The van der Waals surface area contributed by atoms with Gasteiger partial charge in [0.1, 0.15) is 0 Å². The number of hydrogen-bond donors (Lipinski definition) is 2. The minimum atomic E-state index is 0.0102. The second-order valence-electron chi connectivity index (χ2n) is 4.99. The SMILES string of the molecule is CN(CC1CC(N)C1)C(=O)NC1CCOC1. The predicted octanol–water partition coefficient (Wildman–Crippen LogP) is 0.154. The molecule has 1 saturated carbocycles. The summed E-state index contributed by atoms with van der Waals surface area (Å²) >= 11 is 0. The van der Waals surface area contributed by atoms with E-state index in [9.17, 15) is 4.79 Å². The van der Waals surface area contributed by atoms with Crippen LogP contribution in [-0.4, -0.2) is 49.8 Å². The molecule has 16 heavy (non-hydrogen) atoms. The molecule has 0 bridgehead atoms. The van der Waals surface area contributed by atoms with E-state index >= 15 is 0 Å². The van der Waals surface area contributed by atoms with Crippen LogP contribution in [0.15, 0.2) is 0 Å². The van der Waals surface area contributed by atoms with Crippen LogP contribution < -0.4 is 11.1 Å². The molecule has 0 aromatic carbocycles. The fraction of sp³-hybridized carbons (Fsp3) is 0.909. The van der Waals surface area contributed by atoms with Gasteiger partial charge in [0.2, 0.25) is 0 Å². The molecule has 2 aliphatic rings. The number of nitrogens with one attached hydrogen (secondary N) is 1. The van der Waals surface area contributed by atoms with Crippen LogP contribution >= 0.6 is 0 Å². The number of amides is 2. The van der Waals surface area contributed by atoms with E-state index in [0.717, 1.165) is 32.4 Å². The predicted molar refractivity (Wildman–Crippen MR) is 61.1 cm³/mol. The van der Waals surface area contributed by atoms with Gasteiger partial charge in [-0.05, 0) is 25.2 Å². The molecule has 2 fully saturated rings. The van der Waals surface area contributed by atoms with Gasteiger partial charge in [-0.15, -0.1) is 0 Å². The Kier molecular flexibility index (Phi) is 3.66. The number of carbonyl (C=O) groups is 1. The molecule has 2 amide bonds. The van der Waals surface area contributed by atoms with Crippen molar-refractivity contribution in [2.45, 2.75) is 31.3 Å². The summed E-state index contributed by atoms with van der Waals surface area (Å²) in [6.07, 6.45) is 3.02. The quantitative estimate of drug-likeness (QED) is 0.721. The van der Waals surface area contributed by atoms with Crippen molar-refractivity contribution in [3.8, 4) is 0 Å². The van der Waals surface area contributed by atoms with Crippen LogP contribution in [0.25, 0.3) is 0 Å². The van der Waals surface area contributed by atoms with Crippen LogP contribution in [0.4, 0.5) is 4.79 Å². The highest BCUT2D eigenvalue weighted by Crippen LogP contribution is 2.25. The van der Waals surface area contributed by atoms with Gasteiger partial charge in [-0.25, -0.2) is 4.79 Å². The van der Waals surface area contributed by atoms with Crippen molar-refractivity contribution in [2.75, 3.05) is 26.8 Å². The van der Waals surface area contributed by atoms with Gasteiger partial charge in [-0.2, -0.15) is 0 Å². The lowest BCUT2D eigenvalue weighted by Gasteiger charge is -2.35. The molecule has 2 rings (SSSR count). The zero-order chi connectivity index (χ0) is 11.5. The van der Waals surface area contributed by atoms with Crippen LogP contribution in [0.1, 0.15) is 19.3 Å². The maximum atomic E-state index is 11.8. The molecule has 1 heterocycles. The number of urea groups is 1. The maximum absolute atomic E-state index is 11.8. The minimum Gasteiger partial charge on any atom is -0.379 e. The van der Waals surface area contributed by atoms with Crippen LogP contribution in [-0.2, 0) is 4.74 Å². The molecule has 92 valence electrons. The molecule has 5 heteroatoms. The molecule has 1 aliphatic heterocycles. The highest BCUT2D eigenvalue weighted by Gasteiger charge is 2.28. The van der Waals surface area contributed by atoms with E-state index < -0.39 is 0 Å². The first-order chi connectivity index (χ1) is 7.65. The summed E-state index contributed by atoms with van der Waals surface area (Å²) in [6, 6.07) is 0.555. The molecule has 1 atom stereocenters. The normalized spacial score (nSPS) is 33.2. The molecule has 0 radical (unpaired) electrons. The van der Waals surface area contributed by atoms with Crippen molar-refractivity contribution in [3.05, 3.63) is 0 Å². The van der Waals surface area contributed by atoms with E-state index in [1.807, 2.05) is 7.05 Å². The lowest BCUT2D eigenvalue weighted by molar-refractivity contribution is 0.164. The van der Waals surface area contributed by atoms with Gasteiger partial charge in [0, 0.05) is 26.2 Å². The van der Waals surface area contributed by atoms with Crippen molar-refractivity contribution in [1.29, 1.82) is 0 Å². The number of hydrogen-bond acceptors (Lipinski definition) is 3. The molecule has 5 nitrogen and oxygen atoms in total. The van der Waals surface area contributed by atoms with Crippen LogP contribution in [0.3, 0.4) is 0 Å². The Hall–Kier alpha value is -0.810. The Morgan fingerprint density at radius 1 is 1.56 bits per heavy atom. The molecule has 3 N–H and O–H groups in total. The molecule has 1 saturated heterocycles. The van der Waals surface area contributed by atoms with E-state index in [0.29, 0.717) is 18.6 Å². The van der Waals surface area contributed by atoms with Crippen LogP contribution in [0.5, 0.6) is 0 Å². The number of nitrogens with zero attached hydrogens (tertiary/aromatic N) is 1. The average Bonchev–Trinajstić information content (AvgIpc) is 2.68. The first kappa shape index (κ1) is 11.7. The summed E-state index contributed by atoms with van der Waals surface area (Å²) < 4.78 is 5.22. The van der Waals surface area contributed by atoms with Crippen LogP contribution in [0, 0.1) is 5.92 Å².